The third-order valence-corrected chi connectivity index (χ3v) is 3.40. The van der Waals surface area contributed by atoms with Crippen molar-refractivity contribution in [1.29, 1.82) is 0 Å². The Labute approximate surface area is 87.5 Å². The second-order valence-corrected chi connectivity index (χ2v) is 4.72. The van der Waals surface area contributed by atoms with Crippen molar-refractivity contribution in [2.75, 3.05) is 0 Å². The smallest absolute Gasteiger partial charge is 0.184 e. The lowest BCUT2D eigenvalue weighted by Gasteiger charge is -2.21. The van der Waals surface area contributed by atoms with Gasteiger partial charge in [-0.1, -0.05) is 12.8 Å². The van der Waals surface area contributed by atoms with Gasteiger partial charge in [0.2, 0.25) is 0 Å². The number of nitrogens with zero attached hydrogens (tertiary/aromatic N) is 1. The van der Waals surface area contributed by atoms with Gasteiger partial charge in [-0.2, -0.15) is 4.37 Å². The van der Waals surface area contributed by atoms with Crippen LogP contribution in [0.4, 0.5) is 0 Å². The van der Waals surface area contributed by atoms with Crippen LogP contribution in [0.2, 0.25) is 0 Å². The predicted molar refractivity (Wildman–Crippen MR) is 56.4 cm³/mol. The summed E-state index contributed by atoms with van der Waals surface area (Å²) in [5.41, 5.74) is 6.45. The normalized spacial score (nSPS) is 19.8. The number of ketones is 1. The third kappa shape index (κ3) is 2.01. The van der Waals surface area contributed by atoms with Crippen LogP contribution in [0, 0.1) is 0 Å². The highest BCUT2D eigenvalue weighted by Gasteiger charge is 2.32. The zero-order valence-electron chi connectivity index (χ0n) is 8.03. The summed E-state index contributed by atoms with van der Waals surface area (Å²) in [5.74, 6) is 0.0932. The number of carbonyl (C=O) groups excluding carboxylic acids is 1. The van der Waals surface area contributed by atoms with Gasteiger partial charge in [0.15, 0.2) is 5.78 Å². The van der Waals surface area contributed by atoms with E-state index in [0.29, 0.717) is 12.1 Å². The standard InChI is InChI=1S/C10H14N2OS/c11-10(4-1-2-5-10)7-9(13)8-3-6-14-12-8/h3,6H,1-2,4-5,7,11H2. The number of Topliss-reactive ketones (excluding diaryl/α,β-unsaturated/α-hetero) is 1. The lowest BCUT2D eigenvalue weighted by Crippen LogP contribution is -2.38. The molecule has 4 heteroatoms. The average molecular weight is 210 g/mol. The highest BCUT2D eigenvalue weighted by atomic mass is 32.1. The zero-order valence-corrected chi connectivity index (χ0v) is 8.85. The highest BCUT2D eigenvalue weighted by Crippen LogP contribution is 2.30. The minimum absolute atomic E-state index is 0.0932. The van der Waals surface area contributed by atoms with E-state index in [2.05, 4.69) is 4.37 Å². The molecule has 3 nitrogen and oxygen atoms in total. The molecule has 0 radical (unpaired) electrons. The van der Waals surface area contributed by atoms with Crippen molar-refractivity contribution in [1.82, 2.24) is 4.37 Å². The van der Waals surface area contributed by atoms with Gasteiger partial charge in [0, 0.05) is 17.3 Å². The van der Waals surface area contributed by atoms with Crippen molar-refractivity contribution in [2.45, 2.75) is 37.6 Å². The Kier molecular flexibility index (Phi) is 2.65. The maximum Gasteiger partial charge on any atom is 0.184 e. The molecule has 1 heterocycles. The van der Waals surface area contributed by atoms with Gasteiger partial charge < -0.3 is 5.73 Å². The molecule has 76 valence electrons. The Balaban J connectivity index is 2.01. The first-order valence-electron chi connectivity index (χ1n) is 4.92. The molecular weight excluding hydrogens is 196 g/mol. The van der Waals surface area contributed by atoms with Crippen LogP contribution in [0.1, 0.15) is 42.6 Å². The summed E-state index contributed by atoms with van der Waals surface area (Å²) in [6.45, 7) is 0. The first-order valence-corrected chi connectivity index (χ1v) is 5.76. The van der Waals surface area contributed by atoms with Gasteiger partial charge in [-0.05, 0) is 30.4 Å². The lowest BCUT2D eigenvalue weighted by molar-refractivity contribution is 0.0948. The molecule has 0 aromatic carbocycles. The Hall–Kier alpha value is -0.740. The molecule has 1 fully saturated rings. The number of aromatic nitrogens is 1. The van der Waals surface area contributed by atoms with Crippen molar-refractivity contribution in [2.24, 2.45) is 5.73 Å². The third-order valence-electron chi connectivity index (χ3n) is 2.84. The van der Waals surface area contributed by atoms with Gasteiger partial charge in [0.25, 0.3) is 0 Å². The van der Waals surface area contributed by atoms with E-state index < -0.39 is 0 Å². The van der Waals surface area contributed by atoms with Crippen molar-refractivity contribution in [3.63, 3.8) is 0 Å². The second kappa shape index (κ2) is 3.79. The second-order valence-electron chi connectivity index (χ2n) is 4.05. The SMILES string of the molecule is NC1(CC(=O)c2ccsn2)CCCC1. The maximum atomic E-state index is 11.7. The van der Waals surface area contributed by atoms with Gasteiger partial charge in [-0.25, -0.2) is 0 Å². The van der Waals surface area contributed by atoms with E-state index in [0.717, 1.165) is 25.7 Å². The lowest BCUT2D eigenvalue weighted by atomic mass is 9.91. The van der Waals surface area contributed by atoms with Crippen LogP contribution >= 0.6 is 11.5 Å². The summed E-state index contributed by atoms with van der Waals surface area (Å²) in [6, 6.07) is 1.77. The Morgan fingerprint density at radius 2 is 2.29 bits per heavy atom. The van der Waals surface area contributed by atoms with E-state index >= 15 is 0 Å². The number of hydrogen-bond donors (Lipinski definition) is 1. The van der Waals surface area contributed by atoms with Gasteiger partial charge >= 0.3 is 0 Å². The average Bonchev–Trinajstić information content (AvgIpc) is 2.74. The van der Waals surface area contributed by atoms with Crippen LogP contribution < -0.4 is 5.73 Å². The molecule has 0 atom stereocenters. The largest absolute Gasteiger partial charge is 0.325 e. The molecule has 0 unspecified atom stereocenters. The van der Waals surface area contributed by atoms with E-state index in [4.69, 9.17) is 5.73 Å². The molecule has 0 aliphatic heterocycles. The number of nitrogens with two attached hydrogens (primary N) is 1. The van der Waals surface area contributed by atoms with Crippen LogP contribution in [-0.2, 0) is 0 Å². The van der Waals surface area contributed by atoms with E-state index in [9.17, 15) is 4.79 Å². The summed E-state index contributed by atoms with van der Waals surface area (Å²) in [6.07, 6.45) is 4.71. The Bertz CT molecular complexity index is 315. The molecular formula is C10H14N2OS. The quantitative estimate of drug-likeness (QED) is 0.776. The monoisotopic (exact) mass is 210 g/mol. The molecule has 1 saturated carbocycles. The van der Waals surface area contributed by atoms with Gasteiger partial charge in [-0.15, -0.1) is 0 Å². The molecule has 0 bridgehead atoms. The minimum atomic E-state index is -0.249. The minimum Gasteiger partial charge on any atom is -0.325 e. The maximum absolute atomic E-state index is 11.7. The summed E-state index contributed by atoms with van der Waals surface area (Å²) in [5, 5.41) is 1.82. The molecule has 0 saturated heterocycles. The molecule has 14 heavy (non-hydrogen) atoms. The van der Waals surface area contributed by atoms with Crippen molar-refractivity contribution >= 4 is 17.3 Å². The van der Waals surface area contributed by atoms with Crippen LogP contribution in [0.25, 0.3) is 0 Å². The topological polar surface area (TPSA) is 56.0 Å². The number of hydrogen-bond acceptors (Lipinski definition) is 4. The molecule has 1 aromatic heterocycles. The fourth-order valence-electron chi connectivity index (χ4n) is 2.02. The predicted octanol–water partition coefficient (Wildman–Crippen LogP) is 1.99. The highest BCUT2D eigenvalue weighted by molar-refractivity contribution is 7.03. The zero-order chi connectivity index (χ0) is 10.0. The first-order chi connectivity index (χ1) is 6.70. The molecule has 1 aliphatic rings. The van der Waals surface area contributed by atoms with E-state index in [1.54, 1.807) is 6.07 Å². The number of carbonyl (C=O) groups is 1. The van der Waals surface area contributed by atoms with E-state index in [-0.39, 0.29) is 11.3 Å². The Morgan fingerprint density at radius 1 is 1.57 bits per heavy atom. The first kappa shape index (κ1) is 9.80. The van der Waals surface area contributed by atoms with Crippen molar-refractivity contribution in [3.05, 3.63) is 17.1 Å². The van der Waals surface area contributed by atoms with E-state index in [1.807, 2.05) is 5.38 Å². The Morgan fingerprint density at radius 3 is 2.86 bits per heavy atom. The molecule has 0 spiro atoms. The molecule has 1 aliphatic carbocycles. The van der Waals surface area contributed by atoms with Crippen LogP contribution in [0.5, 0.6) is 0 Å². The van der Waals surface area contributed by atoms with Crippen LogP contribution in [0.15, 0.2) is 11.4 Å². The molecule has 2 rings (SSSR count). The summed E-state index contributed by atoms with van der Waals surface area (Å²) in [7, 11) is 0. The molecule has 1 aromatic rings. The summed E-state index contributed by atoms with van der Waals surface area (Å²) < 4.78 is 4.03. The van der Waals surface area contributed by atoms with Gasteiger partial charge in [0.1, 0.15) is 5.69 Å². The fourth-order valence-corrected chi connectivity index (χ4v) is 2.55. The number of rotatable bonds is 3. The summed E-state index contributed by atoms with van der Waals surface area (Å²) in [4.78, 5) is 11.7. The van der Waals surface area contributed by atoms with Crippen molar-refractivity contribution in [3.8, 4) is 0 Å². The fraction of sp³-hybridized carbons (Fsp3) is 0.600. The van der Waals surface area contributed by atoms with E-state index in [1.165, 1.54) is 11.5 Å². The van der Waals surface area contributed by atoms with Crippen LogP contribution in [-0.4, -0.2) is 15.7 Å². The summed E-state index contributed by atoms with van der Waals surface area (Å²) >= 11 is 1.31. The molecule has 2 N–H and O–H groups in total. The van der Waals surface area contributed by atoms with Crippen molar-refractivity contribution < 1.29 is 4.79 Å². The van der Waals surface area contributed by atoms with Crippen LogP contribution in [0.3, 0.4) is 0 Å². The van der Waals surface area contributed by atoms with Gasteiger partial charge in [0.05, 0.1) is 0 Å². The van der Waals surface area contributed by atoms with Gasteiger partial charge in [-0.3, -0.25) is 4.79 Å². The molecule has 0 amide bonds.